The molecule has 0 amide bonds. The van der Waals surface area contributed by atoms with E-state index in [1.807, 2.05) is 19.1 Å². The van der Waals surface area contributed by atoms with Crippen LogP contribution in [0.1, 0.15) is 44.0 Å². The van der Waals surface area contributed by atoms with Crippen molar-refractivity contribution in [3.05, 3.63) is 52.6 Å². The van der Waals surface area contributed by atoms with Crippen LogP contribution in [0.2, 0.25) is 0 Å². The number of aromatic nitrogens is 3. The lowest BCUT2D eigenvalue weighted by Gasteiger charge is -2.23. The van der Waals surface area contributed by atoms with Gasteiger partial charge >= 0.3 is 0 Å². The lowest BCUT2D eigenvalue weighted by atomic mass is 9.97. The van der Waals surface area contributed by atoms with Gasteiger partial charge in [-0.05, 0) is 69.5 Å². The van der Waals surface area contributed by atoms with Crippen molar-refractivity contribution in [2.45, 2.75) is 45.1 Å². The highest BCUT2D eigenvalue weighted by Crippen LogP contribution is 2.40. The van der Waals surface area contributed by atoms with Gasteiger partial charge in [0.05, 0.1) is 28.6 Å². The molecule has 2 aromatic heterocycles. The number of benzene rings is 1. The van der Waals surface area contributed by atoms with E-state index in [1.165, 1.54) is 6.92 Å². The van der Waals surface area contributed by atoms with E-state index in [1.54, 1.807) is 23.6 Å². The number of nitrogens with two attached hydrogens (primary N) is 1. The van der Waals surface area contributed by atoms with Crippen LogP contribution in [0.3, 0.4) is 0 Å². The zero-order valence-corrected chi connectivity index (χ0v) is 20.1. The van der Waals surface area contributed by atoms with Gasteiger partial charge < -0.3 is 20.5 Å². The minimum absolute atomic E-state index is 0.0502. The molecule has 7 nitrogen and oxygen atoms in total. The maximum absolute atomic E-state index is 13.6. The molecule has 0 saturated carbocycles. The van der Waals surface area contributed by atoms with Crippen LogP contribution in [0, 0.1) is 0 Å². The molecule has 34 heavy (non-hydrogen) atoms. The number of ether oxygens (including phenoxy) is 2. The van der Waals surface area contributed by atoms with Gasteiger partial charge in [0.1, 0.15) is 22.9 Å². The lowest BCUT2D eigenvalue weighted by molar-refractivity contribution is 0.172. The van der Waals surface area contributed by atoms with E-state index in [-0.39, 0.29) is 17.7 Å². The first-order chi connectivity index (χ1) is 16.5. The Morgan fingerprint density at radius 3 is 3.03 bits per heavy atom. The number of halogens is 1. The van der Waals surface area contributed by atoms with Crippen molar-refractivity contribution in [1.82, 2.24) is 20.3 Å². The van der Waals surface area contributed by atoms with Crippen molar-refractivity contribution in [1.29, 1.82) is 0 Å². The Hall–Kier alpha value is -3.04. The van der Waals surface area contributed by atoms with Crippen LogP contribution in [0.15, 0.2) is 47.6 Å². The molecular weight excluding hydrogens is 453 g/mol. The van der Waals surface area contributed by atoms with E-state index in [9.17, 15) is 4.39 Å². The van der Waals surface area contributed by atoms with Gasteiger partial charge in [0.15, 0.2) is 0 Å². The summed E-state index contributed by atoms with van der Waals surface area (Å²) >= 11 is 1.61. The summed E-state index contributed by atoms with van der Waals surface area (Å²) in [5.74, 6) is 1.54. The van der Waals surface area contributed by atoms with Crippen LogP contribution in [0.5, 0.6) is 5.75 Å². The van der Waals surface area contributed by atoms with Gasteiger partial charge in [0.2, 0.25) is 5.95 Å². The average Bonchev–Trinajstić information content (AvgIpc) is 3.48. The Bertz CT molecular complexity index is 1260. The third kappa shape index (κ3) is 4.90. The minimum atomic E-state index is -0.229. The fraction of sp³-hybridized carbons (Fsp3) is 0.400. The van der Waals surface area contributed by atoms with Gasteiger partial charge in [-0.1, -0.05) is 0 Å². The number of hydrogen-bond donors (Lipinski definition) is 2. The monoisotopic (exact) mass is 481 g/mol. The fourth-order valence-corrected chi connectivity index (χ4v) is 5.53. The van der Waals surface area contributed by atoms with Crippen LogP contribution >= 0.6 is 11.3 Å². The van der Waals surface area contributed by atoms with Crippen LogP contribution in [-0.2, 0) is 4.74 Å². The second kappa shape index (κ2) is 9.68. The van der Waals surface area contributed by atoms with E-state index < -0.39 is 0 Å². The van der Waals surface area contributed by atoms with Crippen molar-refractivity contribution >= 4 is 27.5 Å². The molecule has 0 radical (unpaired) electrons. The number of hydrogen-bond acceptors (Lipinski definition) is 8. The molecule has 9 heteroatoms. The SMILES string of the molecule is CC(F)=CC1=C(C)OCC(c2nc3c(OCC4CCCN4)cc(-c4ccnc(N)n4)cc3s2)C1. The van der Waals surface area contributed by atoms with Gasteiger partial charge in [0.25, 0.3) is 0 Å². The van der Waals surface area contributed by atoms with E-state index >= 15 is 0 Å². The normalized spacial score (nSPS) is 21.2. The van der Waals surface area contributed by atoms with E-state index in [0.29, 0.717) is 25.7 Å². The molecule has 2 atom stereocenters. The van der Waals surface area contributed by atoms with Gasteiger partial charge in [-0.25, -0.2) is 19.3 Å². The largest absolute Gasteiger partial charge is 0.497 e. The smallest absolute Gasteiger partial charge is 0.220 e. The third-order valence-corrected chi connectivity index (χ3v) is 7.36. The zero-order chi connectivity index (χ0) is 23.7. The summed E-state index contributed by atoms with van der Waals surface area (Å²) in [5, 5.41) is 4.42. The number of fused-ring (bicyclic) bond motifs is 1. The van der Waals surface area contributed by atoms with E-state index in [4.69, 9.17) is 20.2 Å². The van der Waals surface area contributed by atoms with Gasteiger partial charge in [-0.3, -0.25) is 0 Å². The molecule has 1 fully saturated rings. The van der Waals surface area contributed by atoms with Crippen LogP contribution in [0.25, 0.3) is 21.5 Å². The zero-order valence-electron chi connectivity index (χ0n) is 19.3. The quantitative estimate of drug-likeness (QED) is 0.505. The van der Waals surface area contributed by atoms with E-state index in [0.717, 1.165) is 62.9 Å². The minimum Gasteiger partial charge on any atom is -0.497 e. The predicted molar refractivity (Wildman–Crippen MR) is 132 cm³/mol. The lowest BCUT2D eigenvalue weighted by Crippen LogP contribution is -2.28. The first-order valence-corrected chi connectivity index (χ1v) is 12.3. The summed E-state index contributed by atoms with van der Waals surface area (Å²) in [4.78, 5) is 13.4. The molecule has 5 rings (SSSR count). The number of thiazole rings is 1. The topological polar surface area (TPSA) is 95.2 Å². The summed E-state index contributed by atoms with van der Waals surface area (Å²) in [7, 11) is 0. The molecule has 178 valence electrons. The molecule has 1 aromatic carbocycles. The molecule has 0 aliphatic carbocycles. The van der Waals surface area contributed by atoms with Gasteiger partial charge in [0, 0.05) is 23.7 Å². The van der Waals surface area contributed by atoms with E-state index in [2.05, 4.69) is 21.4 Å². The highest BCUT2D eigenvalue weighted by Gasteiger charge is 2.26. The highest BCUT2D eigenvalue weighted by molar-refractivity contribution is 7.18. The summed E-state index contributed by atoms with van der Waals surface area (Å²) in [6.07, 6.45) is 6.15. The highest BCUT2D eigenvalue weighted by atomic mass is 32.1. The maximum atomic E-state index is 13.6. The third-order valence-electron chi connectivity index (χ3n) is 6.19. The second-order valence-corrected chi connectivity index (χ2v) is 9.86. The summed E-state index contributed by atoms with van der Waals surface area (Å²) in [6.45, 7) is 5.45. The number of nitrogen functional groups attached to an aromatic ring is 1. The molecule has 0 spiro atoms. The van der Waals surface area contributed by atoms with Crippen molar-refractivity contribution in [2.24, 2.45) is 0 Å². The molecule has 1 saturated heterocycles. The van der Waals surface area contributed by atoms with Crippen molar-refractivity contribution in [3.63, 3.8) is 0 Å². The van der Waals surface area contributed by atoms with Crippen LogP contribution in [-0.4, -0.2) is 40.8 Å². The Morgan fingerprint density at radius 1 is 1.38 bits per heavy atom. The molecule has 0 bridgehead atoms. The Labute approximate surface area is 201 Å². The molecule has 2 aliphatic rings. The number of rotatable bonds is 6. The van der Waals surface area contributed by atoms with Crippen molar-refractivity contribution in [2.75, 3.05) is 25.5 Å². The molecule has 3 N–H and O–H groups in total. The molecule has 2 aliphatic heterocycles. The van der Waals surface area contributed by atoms with Crippen LogP contribution < -0.4 is 15.8 Å². The molecule has 2 unspecified atom stereocenters. The first-order valence-electron chi connectivity index (χ1n) is 11.5. The predicted octanol–water partition coefficient (Wildman–Crippen LogP) is 5.12. The number of nitrogens with zero attached hydrogens (tertiary/aromatic N) is 3. The average molecular weight is 482 g/mol. The Balaban J connectivity index is 1.51. The fourth-order valence-electron chi connectivity index (χ4n) is 4.42. The summed E-state index contributed by atoms with van der Waals surface area (Å²) in [6, 6.07) is 6.22. The maximum Gasteiger partial charge on any atom is 0.220 e. The Kier molecular flexibility index (Phi) is 6.47. The number of nitrogens with one attached hydrogen (secondary N) is 1. The van der Waals surface area contributed by atoms with Crippen molar-refractivity contribution < 1.29 is 13.9 Å². The Morgan fingerprint density at radius 2 is 2.26 bits per heavy atom. The number of allylic oxidation sites excluding steroid dienone is 4. The molecule has 3 aromatic rings. The summed E-state index contributed by atoms with van der Waals surface area (Å²) < 4.78 is 26.7. The molecular formula is C25H28FN5O2S. The van der Waals surface area contributed by atoms with Gasteiger partial charge in [-0.2, -0.15) is 0 Å². The van der Waals surface area contributed by atoms with Crippen molar-refractivity contribution in [3.8, 4) is 17.0 Å². The second-order valence-electron chi connectivity index (χ2n) is 8.80. The van der Waals surface area contributed by atoms with Gasteiger partial charge in [-0.15, -0.1) is 11.3 Å². The van der Waals surface area contributed by atoms with Crippen LogP contribution in [0.4, 0.5) is 10.3 Å². The standard InChI is InChI=1S/C25H28FN5O2S/c1-14(26)8-16-9-18(12-32-15(16)2)24-31-23-21(33-13-19-4-3-6-28-19)10-17(11-22(23)34-24)20-5-7-29-25(27)30-20/h5,7-8,10-11,18-19,28H,3-4,6,9,12-13H2,1-2H3,(H2,27,29,30). The summed E-state index contributed by atoms with van der Waals surface area (Å²) in [5.41, 5.74) is 9.16. The first kappa shape index (κ1) is 22.7. The number of anilines is 1. The molecule has 4 heterocycles.